The number of unbranched alkanes of at least 4 members (excludes halogenated alkanes) is 9. The molecule has 4 N–H and O–H groups in total. The fourth-order valence-electron chi connectivity index (χ4n) is 1.74. The van der Waals surface area contributed by atoms with Gasteiger partial charge in [0, 0.05) is 0 Å². The second-order valence-corrected chi connectivity index (χ2v) is 7.54. The van der Waals surface area contributed by atoms with Crippen LogP contribution in [0, 0.1) is 0 Å². The molecular weight excluding hydrogens is 275 g/mol. The maximum Gasteiger partial charge on any atom is 0.668 e. The van der Waals surface area contributed by atoms with Crippen LogP contribution in [0.3, 0.4) is 0 Å². The van der Waals surface area contributed by atoms with Gasteiger partial charge in [-0.05, 0) is 0 Å². The van der Waals surface area contributed by atoms with Crippen LogP contribution in [0.15, 0.2) is 0 Å². The molecule has 0 rings (SSSR count). The Labute approximate surface area is 147 Å². The molecule has 0 aromatic rings. The quantitative estimate of drug-likeness (QED) is 0.367. The van der Waals surface area contributed by atoms with E-state index in [0.29, 0.717) is 0 Å². The van der Waals surface area contributed by atoms with Crippen molar-refractivity contribution in [3.63, 3.8) is 0 Å². The minimum atomic E-state index is -4.61. The zero-order valence-electron chi connectivity index (χ0n) is 12.1. The average Bonchev–Trinajstić information content (AvgIpc) is 2.25. The van der Waals surface area contributed by atoms with Gasteiger partial charge in [-0.15, -0.1) is 0 Å². The third-order valence-corrected chi connectivity index (χ3v) is 3.81. The van der Waals surface area contributed by atoms with E-state index in [4.69, 9.17) is 19.2 Å². The van der Waals surface area contributed by atoms with E-state index in [1.165, 1.54) is 64.2 Å². The molecule has 0 atom stereocenters. The van der Waals surface area contributed by atoms with Crippen molar-refractivity contribution < 1.29 is 19.2 Å². The van der Waals surface area contributed by atoms with Gasteiger partial charge in [-0.2, -0.15) is 0 Å². The van der Waals surface area contributed by atoms with Gasteiger partial charge in [-0.25, -0.2) is 0 Å². The summed E-state index contributed by atoms with van der Waals surface area (Å²) in [6.45, 7) is 2.29. The molecule has 0 amide bonds. The summed E-state index contributed by atoms with van der Waals surface area (Å²) in [6, 6.07) is 0. The summed E-state index contributed by atoms with van der Waals surface area (Å²) < 4.78 is 1.56. The van der Waals surface area contributed by atoms with Crippen LogP contribution in [-0.4, -0.2) is 77.2 Å². The fraction of sp³-hybridized carbons (Fsp3) is 1.00. The van der Waals surface area contributed by atoms with Crippen molar-refractivity contribution in [2.75, 3.05) is 0 Å². The Hall–Kier alpha value is 1.69. The molecule has 0 aliphatic rings. The SMILES string of the molecule is CCCCCCCCCCC[CH2][K].O[Si](O)(O)O. The molecule has 6 heteroatoms. The molecule has 0 aromatic heterocycles. The summed E-state index contributed by atoms with van der Waals surface area (Å²) in [6.07, 6.45) is 14.8. The molecule has 0 saturated carbocycles. The van der Waals surface area contributed by atoms with Crippen molar-refractivity contribution in [3.8, 4) is 0 Å². The molecule has 0 unspecified atom stereocenters. The normalized spacial score (nSPS) is 11.1. The van der Waals surface area contributed by atoms with E-state index in [2.05, 4.69) is 6.92 Å². The second-order valence-electron chi connectivity index (χ2n) is 4.78. The minimum Gasteiger partial charge on any atom is -0.368 e. The van der Waals surface area contributed by atoms with E-state index in [-0.39, 0.29) is 0 Å². The second kappa shape index (κ2) is 16.7. The molecule has 0 saturated heterocycles. The van der Waals surface area contributed by atoms with Crippen LogP contribution in [0.5, 0.6) is 0 Å². The van der Waals surface area contributed by atoms with Crippen LogP contribution in [0.1, 0.15) is 71.1 Å². The first-order valence-corrected chi connectivity index (χ1v) is 11.3. The largest absolute Gasteiger partial charge is 0.668 e. The van der Waals surface area contributed by atoms with Crippen molar-refractivity contribution in [1.29, 1.82) is 0 Å². The topological polar surface area (TPSA) is 80.9 Å². The van der Waals surface area contributed by atoms with Gasteiger partial charge in [0.2, 0.25) is 0 Å². The van der Waals surface area contributed by atoms with E-state index in [1.54, 1.807) is 0.515 Å². The van der Waals surface area contributed by atoms with Gasteiger partial charge in [-0.3, -0.25) is 0 Å². The third kappa shape index (κ3) is 36.1. The van der Waals surface area contributed by atoms with Crippen LogP contribution in [0.25, 0.3) is 0 Å². The van der Waals surface area contributed by atoms with E-state index >= 15 is 0 Å². The van der Waals surface area contributed by atoms with Crippen molar-refractivity contribution >= 4 is 58.0 Å². The summed E-state index contributed by atoms with van der Waals surface area (Å²) in [7, 11) is -4.61. The van der Waals surface area contributed by atoms with Crippen molar-refractivity contribution in [2.45, 2.75) is 71.6 Å². The molecule has 0 bridgehead atoms. The zero-order valence-corrected chi connectivity index (χ0v) is 16.2. The van der Waals surface area contributed by atoms with Gasteiger partial charge in [-0.1, -0.05) is 0 Å². The Kier molecular flexibility index (Phi) is 20.5. The predicted octanol–water partition coefficient (Wildman–Crippen LogP) is 1.89. The van der Waals surface area contributed by atoms with Crippen LogP contribution in [0.4, 0.5) is 0 Å². The maximum atomic E-state index is 7.33. The number of rotatable bonds is 10. The van der Waals surface area contributed by atoms with Crippen LogP contribution < -0.4 is 0 Å². The summed E-state index contributed by atoms with van der Waals surface area (Å²) in [5, 5.41) is 0. The fourth-order valence-corrected chi connectivity index (χ4v) is 2.52. The molecule has 0 heterocycles. The predicted molar refractivity (Wildman–Crippen MR) is 77.0 cm³/mol. The van der Waals surface area contributed by atoms with Gasteiger partial charge < -0.3 is 19.2 Å². The first-order chi connectivity index (χ1) is 8.41. The van der Waals surface area contributed by atoms with Crippen LogP contribution >= 0.6 is 0 Å². The molecule has 0 fully saturated rings. The maximum absolute atomic E-state index is 7.33. The monoisotopic (exact) mass is 304 g/mol. The van der Waals surface area contributed by atoms with Crippen molar-refractivity contribution in [1.82, 2.24) is 0 Å². The van der Waals surface area contributed by atoms with Gasteiger partial charge in [0.05, 0.1) is 0 Å². The number of hydrogen-bond acceptors (Lipinski definition) is 4. The zero-order chi connectivity index (χ0) is 14.3. The number of hydrogen-bond donors (Lipinski definition) is 4. The van der Waals surface area contributed by atoms with Crippen LogP contribution in [-0.2, 0) is 0 Å². The molecule has 0 aromatic carbocycles. The van der Waals surface area contributed by atoms with Gasteiger partial charge in [0.25, 0.3) is 0 Å². The van der Waals surface area contributed by atoms with Crippen molar-refractivity contribution in [3.05, 3.63) is 0 Å². The Morgan fingerprint density at radius 3 is 1.22 bits per heavy atom. The summed E-state index contributed by atoms with van der Waals surface area (Å²) in [5.41, 5.74) is 0. The summed E-state index contributed by atoms with van der Waals surface area (Å²) >= 11 is 1.10. The molecule has 18 heavy (non-hydrogen) atoms. The van der Waals surface area contributed by atoms with E-state index in [1.807, 2.05) is 0 Å². The Morgan fingerprint density at radius 1 is 0.667 bits per heavy atom. The smallest absolute Gasteiger partial charge is 0.368 e. The Morgan fingerprint density at radius 2 is 0.944 bits per heavy atom. The van der Waals surface area contributed by atoms with Gasteiger partial charge in [0.15, 0.2) is 0 Å². The average molecular weight is 305 g/mol. The molecule has 0 spiro atoms. The first-order valence-electron chi connectivity index (χ1n) is 7.31. The Balaban J connectivity index is 0. The molecule has 0 radical (unpaired) electrons. The standard InChI is InChI=1S/C12H25.K.H4O4Si/c1-3-5-7-9-11-12-10-8-6-4-2;;1-5(2,3)4/h1,3-12H2,2H3;;1-4H. The van der Waals surface area contributed by atoms with Gasteiger partial charge in [0.1, 0.15) is 0 Å². The van der Waals surface area contributed by atoms with Crippen LogP contribution in [0.2, 0.25) is 0.515 Å². The molecule has 106 valence electrons. The third-order valence-electron chi connectivity index (χ3n) is 2.71. The van der Waals surface area contributed by atoms with E-state index < -0.39 is 9.05 Å². The molecule has 4 nitrogen and oxygen atoms in total. The summed E-state index contributed by atoms with van der Waals surface area (Å²) in [5.74, 6) is 0. The summed E-state index contributed by atoms with van der Waals surface area (Å²) in [4.78, 5) is 29.3. The molecule has 0 aliphatic heterocycles. The Bertz CT molecular complexity index is 138. The van der Waals surface area contributed by atoms with Crippen molar-refractivity contribution in [2.24, 2.45) is 0 Å². The van der Waals surface area contributed by atoms with E-state index in [0.717, 1.165) is 49.0 Å². The van der Waals surface area contributed by atoms with E-state index in [9.17, 15) is 0 Å². The minimum absolute atomic E-state index is 1.10. The first kappa shape index (κ1) is 22.0. The molecule has 0 aliphatic carbocycles. The van der Waals surface area contributed by atoms with Gasteiger partial charge >= 0.3 is 130 Å². The molecular formula is C12H29KO4Si.